The van der Waals surface area contributed by atoms with E-state index >= 15 is 0 Å². The summed E-state index contributed by atoms with van der Waals surface area (Å²) in [5.74, 6) is 0.129. The minimum atomic E-state index is -3.19. The molecule has 2 fully saturated rings. The van der Waals surface area contributed by atoms with E-state index in [1.807, 2.05) is 0 Å². The lowest BCUT2D eigenvalue weighted by atomic mass is 10.2. The van der Waals surface area contributed by atoms with Gasteiger partial charge in [0.1, 0.15) is 0 Å². The van der Waals surface area contributed by atoms with E-state index in [0.29, 0.717) is 24.3 Å². The number of anilines is 2. The largest absolute Gasteiger partial charge is 0.325 e. The van der Waals surface area contributed by atoms with Gasteiger partial charge in [-0.25, -0.2) is 8.42 Å². The third-order valence-electron chi connectivity index (χ3n) is 3.88. The lowest BCUT2D eigenvalue weighted by molar-refractivity contribution is -0.117. The molecule has 1 aromatic rings. The van der Waals surface area contributed by atoms with E-state index in [9.17, 15) is 13.2 Å². The van der Waals surface area contributed by atoms with Crippen LogP contribution in [-0.4, -0.2) is 39.2 Å². The molecule has 0 saturated carbocycles. The zero-order valence-corrected chi connectivity index (χ0v) is 13.8. The van der Waals surface area contributed by atoms with E-state index < -0.39 is 10.0 Å². The summed E-state index contributed by atoms with van der Waals surface area (Å²) in [5.41, 5.74) is 1.25. The second-order valence-corrected chi connectivity index (χ2v) is 7.44. The molecule has 2 aliphatic rings. The van der Waals surface area contributed by atoms with E-state index in [-0.39, 0.29) is 30.1 Å². The minimum absolute atomic E-state index is 0. The van der Waals surface area contributed by atoms with Crippen molar-refractivity contribution in [3.63, 3.8) is 0 Å². The molecule has 0 aromatic heterocycles. The maximum atomic E-state index is 12.1. The number of sulfonamides is 1. The monoisotopic (exact) mass is 345 g/mol. The topological polar surface area (TPSA) is 78.5 Å². The number of amides is 1. The lowest BCUT2D eigenvalue weighted by Gasteiger charge is -2.18. The summed E-state index contributed by atoms with van der Waals surface area (Å²) < 4.78 is 25.3. The fraction of sp³-hybridized carbons (Fsp3) is 0.500. The van der Waals surface area contributed by atoms with Gasteiger partial charge in [-0.05, 0) is 44.0 Å². The standard InChI is InChI=1S/C14H19N3O3S.ClH/c18-14(13-6-2-7-15-13)16-11-4-1-5-12(10-11)17-8-3-9-21(17,19)20;/h1,4-5,10,13,15H,2-3,6-9H2,(H,16,18);1H. The Bertz CT molecular complexity index is 644. The number of hydrogen-bond donors (Lipinski definition) is 2. The molecule has 8 heteroatoms. The molecule has 2 aliphatic heterocycles. The van der Waals surface area contributed by atoms with Crippen molar-refractivity contribution in [2.75, 3.05) is 28.5 Å². The highest BCUT2D eigenvalue weighted by Crippen LogP contribution is 2.26. The van der Waals surface area contributed by atoms with Crippen molar-refractivity contribution in [1.82, 2.24) is 5.32 Å². The average molecular weight is 346 g/mol. The molecule has 1 aromatic carbocycles. The third kappa shape index (κ3) is 3.53. The molecular formula is C14H20ClN3O3S. The van der Waals surface area contributed by atoms with Crippen LogP contribution in [0.4, 0.5) is 11.4 Å². The number of halogens is 1. The van der Waals surface area contributed by atoms with E-state index in [2.05, 4.69) is 10.6 Å². The predicted octanol–water partition coefficient (Wildman–Crippen LogP) is 1.34. The second-order valence-electron chi connectivity index (χ2n) is 5.43. The molecule has 0 bridgehead atoms. The second kappa shape index (κ2) is 6.85. The predicted molar refractivity (Wildman–Crippen MR) is 89.1 cm³/mol. The summed E-state index contributed by atoms with van der Waals surface area (Å²) >= 11 is 0. The average Bonchev–Trinajstić information content (AvgIpc) is 3.08. The smallest absolute Gasteiger partial charge is 0.241 e. The molecular weight excluding hydrogens is 326 g/mol. The molecule has 2 N–H and O–H groups in total. The molecule has 22 heavy (non-hydrogen) atoms. The summed E-state index contributed by atoms with van der Waals surface area (Å²) in [7, 11) is -3.19. The zero-order chi connectivity index (χ0) is 14.9. The summed E-state index contributed by atoms with van der Waals surface area (Å²) in [6.07, 6.45) is 2.49. The molecule has 3 rings (SSSR count). The van der Waals surface area contributed by atoms with Crippen LogP contribution < -0.4 is 14.9 Å². The molecule has 1 amide bonds. The van der Waals surface area contributed by atoms with Gasteiger partial charge in [0.25, 0.3) is 0 Å². The summed E-state index contributed by atoms with van der Waals surface area (Å²) in [6, 6.07) is 6.87. The van der Waals surface area contributed by atoms with Crippen molar-refractivity contribution < 1.29 is 13.2 Å². The molecule has 6 nitrogen and oxygen atoms in total. The lowest BCUT2D eigenvalue weighted by Crippen LogP contribution is -2.35. The van der Waals surface area contributed by atoms with E-state index in [1.165, 1.54) is 4.31 Å². The van der Waals surface area contributed by atoms with Gasteiger partial charge in [0.15, 0.2) is 0 Å². The number of rotatable bonds is 3. The van der Waals surface area contributed by atoms with Gasteiger partial charge in [0.2, 0.25) is 15.9 Å². The van der Waals surface area contributed by atoms with Crippen molar-refractivity contribution in [2.45, 2.75) is 25.3 Å². The Kier molecular flexibility index (Phi) is 5.31. The van der Waals surface area contributed by atoms with Crippen LogP contribution in [0.1, 0.15) is 19.3 Å². The molecule has 1 atom stereocenters. The van der Waals surface area contributed by atoms with Gasteiger partial charge >= 0.3 is 0 Å². The number of hydrogen-bond acceptors (Lipinski definition) is 4. The summed E-state index contributed by atoms with van der Waals surface area (Å²) in [4.78, 5) is 12.1. The molecule has 2 saturated heterocycles. The van der Waals surface area contributed by atoms with Crippen LogP contribution in [0.3, 0.4) is 0 Å². The Balaban J connectivity index is 0.00000176. The first-order chi connectivity index (χ1) is 10.1. The Labute approximate surface area is 136 Å². The Morgan fingerprint density at radius 3 is 2.77 bits per heavy atom. The van der Waals surface area contributed by atoms with Crippen molar-refractivity contribution in [3.8, 4) is 0 Å². The molecule has 0 spiro atoms. The van der Waals surface area contributed by atoms with Crippen LogP contribution in [0.25, 0.3) is 0 Å². The van der Waals surface area contributed by atoms with Crippen LogP contribution in [0, 0.1) is 0 Å². The van der Waals surface area contributed by atoms with Gasteiger partial charge in [-0.3, -0.25) is 9.10 Å². The van der Waals surface area contributed by atoms with Gasteiger partial charge in [-0.15, -0.1) is 12.4 Å². The first-order valence-electron chi connectivity index (χ1n) is 7.21. The zero-order valence-electron chi connectivity index (χ0n) is 12.1. The van der Waals surface area contributed by atoms with Crippen LogP contribution in [0.15, 0.2) is 24.3 Å². The van der Waals surface area contributed by atoms with Gasteiger partial charge in [-0.1, -0.05) is 6.07 Å². The van der Waals surface area contributed by atoms with Gasteiger partial charge in [0.05, 0.1) is 17.5 Å². The highest BCUT2D eigenvalue weighted by atomic mass is 35.5. The van der Waals surface area contributed by atoms with Gasteiger partial charge in [-0.2, -0.15) is 0 Å². The maximum absolute atomic E-state index is 12.1. The van der Waals surface area contributed by atoms with E-state index in [4.69, 9.17) is 0 Å². The number of nitrogens with one attached hydrogen (secondary N) is 2. The maximum Gasteiger partial charge on any atom is 0.241 e. The first-order valence-corrected chi connectivity index (χ1v) is 8.82. The van der Waals surface area contributed by atoms with E-state index in [1.54, 1.807) is 24.3 Å². The number of carbonyl (C=O) groups is 1. The first kappa shape index (κ1) is 17.1. The van der Waals surface area contributed by atoms with Gasteiger partial charge < -0.3 is 10.6 Å². The highest BCUT2D eigenvalue weighted by molar-refractivity contribution is 7.93. The fourth-order valence-corrected chi connectivity index (χ4v) is 4.36. The Hall–Kier alpha value is -1.31. The summed E-state index contributed by atoms with van der Waals surface area (Å²) in [6.45, 7) is 1.37. The Morgan fingerprint density at radius 1 is 1.32 bits per heavy atom. The molecule has 122 valence electrons. The normalized spacial score (nSPS) is 23.1. The number of carbonyl (C=O) groups excluding carboxylic acids is 1. The minimum Gasteiger partial charge on any atom is -0.325 e. The highest BCUT2D eigenvalue weighted by Gasteiger charge is 2.28. The number of nitrogens with zero attached hydrogens (tertiary/aromatic N) is 1. The van der Waals surface area contributed by atoms with Crippen molar-refractivity contribution in [1.29, 1.82) is 0 Å². The molecule has 2 heterocycles. The van der Waals surface area contributed by atoms with Crippen molar-refractivity contribution in [3.05, 3.63) is 24.3 Å². The fourth-order valence-electron chi connectivity index (χ4n) is 2.81. The molecule has 0 radical (unpaired) electrons. The molecule has 0 aliphatic carbocycles. The van der Waals surface area contributed by atoms with Crippen LogP contribution in [0.2, 0.25) is 0 Å². The summed E-state index contributed by atoms with van der Waals surface area (Å²) in [5, 5.41) is 5.99. The quantitative estimate of drug-likeness (QED) is 0.866. The van der Waals surface area contributed by atoms with Crippen LogP contribution >= 0.6 is 12.4 Å². The number of benzene rings is 1. The van der Waals surface area contributed by atoms with Crippen molar-refractivity contribution in [2.24, 2.45) is 0 Å². The van der Waals surface area contributed by atoms with Gasteiger partial charge in [0, 0.05) is 12.2 Å². The van der Waals surface area contributed by atoms with Crippen LogP contribution in [-0.2, 0) is 14.8 Å². The SMILES string of the molecule is Cl.O=C(Nc1cccc(N2CCCS2(=O)=O)c1)C1CCCN1. The molecule has 1 unspecified atom stereocenters. The Morgan fingerprint density at radius 2 is 2.14 bits per heavy atom. The van der Waals surface area contributed by atoms with Crippen LogP contribution in [0.5, 0.6) is 0 Å². The van der Waals surface area contributed by atoms with E-state index in [0.717, 1.165) is 19.4 Å². The third-order valence-corrected chi connectivity index (χ3v) is 5.75. The van der Waals surface area contributed by atoms with Crippen molar-refractivity contribution >= 4 is 39.7 Å².